The quantitative estimate of drug-likeness (QED) is 0.578. The maximum absolute atomic E-state index is 13.9. The van der Waals surface area contributed by atoms with Crippen molar-refractivity contribution in [2.24, 2.45) is 0 Å². The molecule has 31 heavy (non-hydrogen) atoms. The van der Waals surface area contributed by atoms with Gasteiger partial charge in [-0.3, -0.25) is 9.59 Å². The van der Waals surface area contributed by atoms with E-state index in [1.165, 1.54) is 23.1 Å². The summed E-state index contributed by atoms with van der Waals surface area (Å²) < 4.78 is 24.6. The van der Waals surface area contributed by atoms with Crippen LogP contribution in [0.2, 0.25) is 5.02 Å². The van der Waals surface area contributed by atoms with Gasteiger partial charge in [0.25, 0.3) is 11.8 Å². The number of hydrogen-bond acceptors (Lipinski definition) is 5. The predicted octanol–water partition coefficient (Wildman–Crippen LogP) is 2.95. The van der Waals surface area contributed by atoms with Crippen LogP contribution in [0.5, 0.6) is 5.75 Å². The number of amides is 2. The number of hydrogen-bond donors (Lipinski definition) is 0. The molecule has 1 aromatic heterocycles. The summed E-state index contributed by atoms with van der Waals surface area (Å²) in [5.41, 5.74) is -0.179. The van der Waals surface area contributed by atoms with Gasteiger partial charge in [-0.25, -0.2) is 9.18 Å². The Balaban J connectivity index is 1.32. The van der Waals surface area contributed by atoms with Crippen molar-refractivity contribution in [3.63, 3.8) is 0 Å². The number of carbonyl (C=O) groups is 2. The molecule has 2 amide bonds. The van der Waals surface area contributed by atoms with Gasteiger partial charge in [0, 0.05) is 48.7 Å². The topological polar surface area (TPSA) is 80.1 Å². The van der Waals surface area contributed by atoms with Crippen molar-refractivity contribution < 1.29 is 23.1 Å². The summed E-state index contributed by atoms with van der Waals surface area (Å²) in [6, 6.07) is 11.8. The number of nitrogens with zero attached hydrogens (tertiary/aromatic N) is 2. The van der Waals surface area contributed by atoms with Crippen molar-refractivity contribution in [3.05, 3.63) is 75.4 Å². The summed E-state index contributed by atoms with van der Waals surface area (Å²) in [6.45, 7) is 0.972. The highest BCUT2D eigenvalue weighted by Crippen LogP contribution is 2.20. The minimum Gasteiger partial charge on any atom is -0.484 e. The van der Waals surface area contributed by atoms with Crippen LogP contribution in [0.1, 0.15) is 10.4 Å². The van der Waals surface area contributed by atoms with Crippen molar-refractivity contribution in [2.75, 3.05) is 32.8 Å². The molecule has 2 aromatic carbocycles. The van der Waals surface area contributed by atoms with Gasteiger partial charge in [-0.1, -0.05) is 11.6 Å². The average molecular weight is 445 g/mol. The van der Waals surface area contributed by atoms with Crippen LogP contribution < -0.4 is 10.4 Å². The third kappa shape index (κ3) is 4.69. The van der Waals surface area contributed by atoms with Crippen molar-refractivity contribution in [1.29, 1.82) is 0 Å². The van der Waals surface area contributed by atoms with Crippen LogP contribution in [-0.4, -0.2) is 54.4 Å². The Labute approximate surface area is 181 Å². The molecule has 3 aromatic rings. The average Bonchev–Trinajstić information content (AvgIpc) is 2.78. The smallest absolute Gasteiger partial charge is 0.336 e. The van der Waals surface area contributed by atoms with Crippen LogP contribution in [0.15, 0.2) is 57.7 Å². The molecule has 0 bridgehead atoms. The highest BCUT2D eigenvalue weighted by Gasteiger charge is 2.26. The lowest BCUT2D eigenvalue weighted by Gasteiger charge is -2.34. The van der Waals surface area contributed by atoms with Gasteiger partial charge in [0.15, 0.2) is 6.61 Å². The lowest BCUT2D eigenvalue weighted by atomic mass is 10.1. The predicted molar refractivity (Wildman–Crippen MR) is 112 cm³/mol. The molecule has 0 aliphatic carbocycles. The number of carbonyl (C=O) groups excluding carboxylic acids is 2. The third-order valence-electron chi connectivity index (χ3n) is 5.04. The van der Waals surface area contributed by atoms with Gasteiger partial charge in [-0.15, -0.1) is 0 Å². The second kappa shape index (κ2) is 8.77. The molecule has 0 atom stereocenters. The molecule has 0 radical (unpaired) electrons. The van der Waals surface area contributed by atoms with Crippen LogP contribution in [0.3, 0.4) is 0 Å². The highest BCUT2D eigenvalue weighted by molar-refractivity contribution is 6.31. The first-order valence-electron chi connectivity index (χ1n) is 9.59. The van der Waals surface area contributed by atoms with Gasteiger partial charge >= 0.3 is 5.63 Å². The minimum atomic E-state index is -0.632. The first-order valence-corrected chi connectivity index (χ1v) is 9.97. The molecule has 7 nitrogen and oxygen atoms in total. The van der Waals surface area contributed by atoms with Gasteiger partial charge in [0.2, 0.25) is 0 Å². The molecule has 1 aliphatic heterocycles. The summed E-state index contributed by atoms with van der Waals surface area (Å²) in [7, 11) is 0. The molecule has 9 heteroatoms. The van der Waals surface area contributed by atoms with Gasteiger partial charge in [0.05, 0.1) is 5.56 Å². The highest BCUT2D eigenvalue weighted by atomic mass is 35.5. The van der Waals surface area contributed by atoms with Crippen LogP contribution >= 0.6 is 11.6 Å². The standard InChI is InChI=1S/C22H18ClFN2O5/c23-15-3-5-18(24)17(11-15)22(29)26-9-7-25(8-10-26)20(27)13-30-16-4-1-14-2-6-21(28)31-19(14)12-16/h1-6,11-12H,7-10,13H2. The largest absolute Gasteiger partial charge is 0.484 e. The van der Waals surface area contributed by atoms with Crippen molar-refractivity contribution in [3.8, 4) is 5.75 Å². The first-order chi connectivity index (χ1) is 14.9. The van der Waals surface area contributed by atoms with Crippen molar-refractivity contribution >= 4 is 34.4 Å². The molecule has 0 unspecified atom stereocenters. The zero-order chi connectivity index (χ0) is 22.0. The number of piperazine rings is 1. The number of halogens is 2. The van der Waals surface area contributed by atoms with E-state index in [0.29, 0.717) is 24.4 Å². The molecular weight excluding hydrogens is 427 g/mol. The van der Waals surface area contributed by atoms with E-state index in [9.17, 15) is 18.8 Å². The number of benzene rings is 2. The normalized spacial score (nSPS) is 14.0. The second-order valence-corrected chi connectivity index (χ2v) is 7.48. The zero-order valence-electron chi connectivity index (χ0n) is 16.3. The van der Waals surface area contributed by atoms with E-state index in [4.69, 9.17) is 20.8 Å². The van der Waals surface area contributed by atoms with E-state index >= 15 is 0 Å². The van der Waals surface area contributed by atoms with Gasteiger partial charge in [-0.2, -0.15) is 0 Å². The fourth-order valence-corrected chi connectivity index (χ4v) is 3.53. The summed E-state index contributed by atoms with van der Waals surface area (Å²) in [6.07, 6.45) is 0. The third-order valence-corrected chi connectivity index (χ3v) is 5.27. The van der Waals surface area contributed by atoms with E-state index < -0.39 is 17.3 Å². The maximum atomic E-state index is 13.9. The monoisotopic (exact) mass is 444 g/mol. The fraction of sp³-hybridized carbons (Fsp3) is 0.227. The number of fused-ring (bicyclic) bond motifs is 1. The lowest BCUT2D eigenvalue weighted by molar-refractivity contribution is -0.134. The first kappa shape index (κ1) is 20.9. The molecule has 2 heterocycles. The SMILES string of the molecule is O=C(COc1ccc2ccc(=O)oc2c1)N1CCN(C(=O)c2cc(Cl)ccc2F)CC1. The molecule has 0 N–H and O–H groups in total. The molecule has 0 spiro atoms. The summed E-state index contributed by atoms with van der Waals surface area (Å²) in [4.78, 5) is 39.5. The van der Waals surface area contributed by atoms with E-state index in [2.05, 4.69) is 0 Å². The Bertz CT molecular complexity index is 1200. The summed E-state index contributed by atoms with van der Waals surface area (Å²) in [5.74, 6) is -0.926. The summed E-state index contributed by atoms with van der Waals surface area (Å²) >= 11 is 5.86. The zero-order valence-corrected chi connectivity index (χ0v) is 17.1. The van der Waals surface area contributed by atoms with Crippen molar-refractivity contribution in [2.45, 2.75) is 0 Å². The number of ether oxygens (including phenoxy) is 1. The van der Waals surface area contributed by atoms with E-state index in [1.807, 2.05) is 0 Å². The molecule has 160 valence electrons. The van der Waals surface area contributed by atoms with Crippen LogP contribution in [-0.2, 0) is 4.79 Å². The fourth-order valence-electron chi connectivity index (χ4n) is 3.36. The van der Waals surface area contributed by atoms with Gasteiger partial charge in [-0.05, 0) is 36.4 Å². The van der Waals surface area contributed by atoms with Gasteiger partial charge in [0.1, 0.15) is 17.1 Å². The van der Waals surface area contributed by atoms with Crippen LogP contribution in [0.4, 0.5) is 4.39 Å². The molecular formula is C22H18ClFN2O5. The van der Waals surface area contributed by atoms with Crippen LogP contribution in [0, 0.1) is 5.82 Å². The summed E-state index contributed by atoms with van der Waals surface area (Å²) in [5, 5.41) is 1.03. The Hall–Kier alpha value is -3.39. The molecule has 1 aliphatic rings. The van der Waals surface area contributed by atoms with Gasteiger partial charge < -0.3 is 19.0 Å². The van der Waals surface area contributed by atoms with Crippen molar-refractivity contribution in [1.82, 2.24) is 9.80 Å². The van der Waals surface area contributed by atoms with E-state index in [-0.39, 0.29) is 36.2 Å². The van der Waals surface area contributed by atoms with Crippen LogP contribution in [0.25, 0.3) is 11.0 Å². The van der Waals surface area contributed by atoms with E-state index in [1.54, 1.807) is 29.2 Å². The molecule has 0 saturated carbocycles. The Morgan fingerprint density at radius 1 is 1.00 bits per heavy atom. The molecule has 1 saturated heterocycles. The Morgan fingerprint density at radius 3 is 2.48 bits per heavy atom. The lowest BCUT2D eigenvalue weighted by Crippen LogP contribution is -2.51. The second-order valence-electron chi connectivity index (χ2n) is 7.04. The van der Waals surface area contributed by atoms with E-state index in [0.717, 1.165) is 11.5 Å². The molecule has 1 fully saturated rings. The molecule has 4 rings (SSSR count). The minimum absolute atomic E-state index is 0.0847. The Morgan fingerprint density at radius 2 is 1.71 bits per heavy atom. The Kier molecular flexibility index (Phi) is 5.90. The number of rotatable bonds is 4. The maximum Gasteiger partial charge on any atom is 0.336 e.